The molecule has 0 spiro atoms. The number of unbranched alkanes of at least 4 members (excludes halogenated alkanes) is 3. The quantitative estimate of drug-likeness (QED) is 0.443. The van der Waals surface area contributed by atoms with Gasteiger partial charge in [0.1, 0.15) is 0 Å². The van der Waals surface area contributed by atoms with E-state index in [9.17, 15) is 9.59 Å². The molecule has 1 atom stereocenters. The number of nitrogens with two attached hydrogens (primary N) is 2. The molecule has 4 N–H and O–H groups in total. The first-order chi connectivity index (χ1) is 7.07. The number of rotatable bonds is 9. The van der Waals surface area contributed by atoms with Crippen molar-refractivity contribution in [3.63, 3.8) is 0 Å². The summed E-state index contributed by atoms with van der Waals surface area (Å²) in [5, 5.41) is 0. The Morgan fingerprint density at radius 2 is 1.73 bits per heavy atom. The normalized spacial score (nSPS) is 12.0. The van der Waals surface area contributed by atoms with Crippen molar-refractivity contribution >= 4 is 11.8 Å². The summed E-state index contributed by atoms with van der Waals surface area (Å²) in [4.78, 5) is 21.3. The Bertz CT molecular complexity index is 227. The number of carbonyl (C=O) groups excluding carboxylic acids is 2. The van der Waals surface area contributed by atoms with Crippen LogP contribution < -0.4 is 11.5 Å². The molecule has 0 fully saturated rings. The molecule has 0 rings (SSSR count). The van der Waals surface area contributed by atoms with Crippen LogP contribution in [0, 0.1) is 5.92 Å². The van der Waals surface area contributed by atoms with Crippen molar-refractivity contribution in [1.82, 2.24) is 0 Å². The van der Waals surface area contributed by atoms with Gasteiger partial charge < -0.3 is 11.5 Å². The van der Waals surface area contributed by atoms with Crippen LogP contribution in [-0.4, -0.2) is 11.8 Å². The van der Waals surface area contributed by atoms with E-state index >= 15 is 0 Å². The van der Waals surface area contributed by atoms with Crippen LogP contribution in [0.4, 0.5) is 0 Å². The summed E-state index contributed by atoms with van der Waals surface area (Å²) < 4.78 is 0. The molecule has 0 bridgehead atoms. The van der Waals surface area contributed by atoms with Crippen molar-refractivity contribution in [3.8, 4) is 0 Å². The molecule has 0 aliphatic rings. The zero-order valence-electron chi connectivity index (χ0n) is 9.08. The zero-order valence-corrected chi connectivity index (χ0v) is 9.08. The first-order valence-corrected chi connectivity index (χ1v) is 5.28. The lowest BCUT2D eigenvalue weighted by Gasteiger charge is -2.07. The van der Waals surface area contributed by atoms with E-state index in [0.29, 0.717) is 6.42 Å². The van der Waals surface area contributed by atoms with Gasteiger partial charge in [-0.15, -0.1) is 6.58 Å². The number of hydrogen-bond acceptors (Lipinski definition) is 2. The molecule has 0 aromatic heterocycles. The van der Waals surface area contributed by atoms with Crippen LogP contribution in [0.1, 0.15) is 38.5 Å². The highest BCUT2D eigenvalue weighted by atomic mass is 16.1. The maximum absolute atomic E-state index is 10.8. The van der Waals surface area contributed by atoms with E-state index < -0.39 is 0 Å². The van der Waals surface area contributed by atoms with Crippen LogP contribution in [0.5, 0.6) is 0 Å². The minimum atomic E-state index is -0.317. The number of hydrogen-bond donors (Lipinski definition) is 2. The number of amides is 2. The van der Waals surface area contributed by atoms with Gasteiger partial charge in [-0.1, -0.05) is 25.3 Å². The second-order valence-corrected chi connectivity index (χ2v) is 3.66. The van der Waals surface area contributed by atoms with E-state index in [1.807, 2.05) is 0 Å². The van der Waals surface area contributed by atoms with Gasteiger partial charge in [0.2, 0.25) is 11.8 Å². The van der Waals surface area contributed by atoms with Crippen LogP contribution in [-0.2, 0) is 9.59 Å². The molecular weight excluding hydrogens is 192 g/mol. The molecule has 4 heteroatoms. The Labute approximate surface area is 90.7 Å². The van der Waals surface area contributed by atoms with Gasteiger partial charge in [0.05, 0.1) is 5.92 Å². The maximum atomic E-state index is 10.8. The molecule has 0 radical (unpaired) electrons. The highest BCUT2D eigenvalue weighted by Gasteiger charge is 2.09. The third kappa shape index (κ3) is 7.73. The van der Waals surface area contributed by atoms with Gasteiger partial charge in [0, 0.05) is 6.42 Å². The average molecular weight is 212 g/mol. The third-order valence-electron chi connectivity index (χ3n) is 2.34. The smallest absolute Gasteiger partial charge is 0.224 e. The SMILES string of the molecule is C=CC(CCCCCCC(N)=O)C(N)=O. The molecule has 0 saturated heterocycles. The standard InChI is InChI=1S/C11H20N2O2/c1-2-9(11(13)15)7-5-3-4-6-8-10(12)14/h2,9H,1,3-8H2,(H2,12,14)(H2,13,15). The molecular formula is C11H20N2O2. The van der Waals surface area contributed by atoms with Crippen molar-refractivity contribution in [2.75, 3.05) is 0 Å². The lowest BCUT2D eigenvalue weighted by molar-refractivity contribution is -0.120. The van der Waals surface area contributed by atoms with E-state index in [2.05, 4.69) is 6.58 Å². The van der Waals surface area contributed by atoms with E-state index in [0.717, 1.165) is 32.1 Å². The Balaban J connectivity index is 3.41. The fourth-order valence-electron chi connectivity index (χ4n) is 1.39. The topological polar surface area (TPSA) is 86.2 Å². The first-order valence-electron chi connectivity index (χ1n) is 5.28. The van der Waals surface area contributed by atoms with Gasteiger partial charge >= 0.3 is 0 Å². The highest BCUT2D eigenvalue weighted by molar-refractivity contribution is 5.78. The predicted molar refractivity (Wildman–Crippen MR) is 59.8 cm³/mol. The third-order valence-corrected chi connectivity index (χ3v) is 2.34. The summed E-state index contributed by atoms with van der Waals surface area (Å²) in [5.41, 5.74) is 10.2. The molecule has 0 aliphatic carbocycles. The fraction of sp³-hybridized carbons (Fsp3) is 0.636. The van der Waals surface area contributed by atoms with Crippen molar-refractivity contribution in [2.24, 2.45) is 17.4 Å². The van der Waals surface area contributed by atoms with E-state index in [1.165, 1.54) is 0 Å². The predicted octanol–water partition coefficient (Wildman–Crippen LogP) is 1.10. The Hall–Kier alpha value is -1.32. The van der Waals surface area contributed by atoms with Crippen LogP contribution in [0.3, 0.4) is 0 Å². The van der Waals surface area contributed by atoms with E-state index in [4.69, 9.17) is 11.5 Å². The fourth-order valence-corrected chi connectivity index (χ4v) is 1.39. The monoisotopic (exact) mass is 212 g/mol. The minimum absolute atomic E-state index is 0.221. The largest absolute Gasteiger partial charge is 0.370 e. The highest BCUT2D eigenvalue weighted by Crippen LogP contribution is 2.12. The summed E-state index contributed by atoms with van der Waals surface area (Å²) in [7, 11) is 0. The van der Waals surface area contributed by atoms with Gasteiger partial charge in [-0.3, -0.25) is 9.59 Å². The van der Waals surface area contributed by atoms with Crippen LogP contribution >= 0.6 is 0 Å². The van der Waals surface area contributed by atoms with E-state index in [1.54, 1.807) is 6.08 Å². The van der Waals surface area contributed by atoms with Crippen LogP contribution in [0.15, 0.2) is 12.7 Å². The molecule has 0 aliphatic heterocycles. The minimum Gasteiger partial charge on any atom is -0.370 e. The molecule has 86 valence electrons. The van der Waals surface area contributed by atoms with Crippen molar-refractivity contribution in [2.45, 2.75) is 38.5 Å². The summed E-state index contributed by atoms with van der Waals surface area (Å²) in [6.45, 7) is 3.56. The maximum Gasteiger partial charge on any atom is 0.224 e. The molecule has 4 nitrogen and oxygen atoms in total. The Morgan fingerprint density at radius 1 is 1.13 bits per heavy atom. The molecule has 1 unspecified atom stereocenters. The van der Waals surface area contributed by atoms with Crippen LogP contribution in [0.25, 0.3) is 0 Å². The molecule has 0 aromatic carbocycles. The van der Waals surface area contributed by atoms with Gasteiger partial charge in [0.15, 0.2) is 0 Å². The molecule has 15 heavy (non-hydrogen) atoms. The van der Waals surface area contributed by atoms with Gasteiger partial charge in [-0.25, -0.2) is 0 Å². The average Bonchev–Trinajstić information content (AvgIpc) is 2.15. The van der Waals surface area contributed by atoms with Crippen LogP contribution in [0.2, 0.25) is 0 Å². The zero-order chi connectivity index (χ0) is 11.7. The summed E-state index contributed by atoms with van der Waals surface area (Å²) in [5.74, 6) is -0.792. The van der Waals surface area contributed by atoms with Gasteiger partial charge in [-0.2, -0.15) is 0 Å². The summed E-state index contributed by atoms with van der Waals surface area (Å²) in [6.07, 6.45) is 6.49. The lowest BCUT2D eigenvalue weighted by atomic mass is 10.00. The van der Waals surface area contributed by atoms with Crippen molar-refractivity contribution in [3.05, 3.63) is 12.7 Å². The molecule has 0 aromatic rings. The van der Waals surface area contributed by atoms with Crippen molar-refractivity contribution < 1.29 is 9.59 Å². The molecule has 2 amide bonds. The first kappa shape index (κ1) is 13.7. The van der Waals surface area contributed by atoms with Gasteiger partial charge in [-0.05, 0) is 12.8 Å². The second kappa shape index (κ2) is 8.03. The summed E-state index contributed by atoms with van der Waals surface area (Å²) >= 11 is 0. The van der Waals surface area contributed by atoms with Gasteiger partial charge in [0.25, 0.3) is 0 Å². The Morgan fingerprint density at radius 3 is 2.20 bits per heavy atom. The number of carbonyl (C=O) groups is 2. The second-order valence-electron chi connectivity index (χ2n) is 3.66. The van der Waals surface area contributed by atoms with E-state index in [-0.39, 0.29) is 17.7 Å². The van der Waals surface area contributed by atoms with Crippen molar-refractivity contribution in [1.29, 1.82) is 0 Å². The lowest BCUT2D eigenvalue weighted by Crippen LogP contribution is -2.21. The Kier molecular flexibility index (Phi) is 7.32. The molecule has 0 saturated carbocycles. The number of primary amides is 2. The summed E-state index contributed by atoms with van der Waals surface area (Å²) in [6, 6.07) is 0. The molecule has 0 heterocycles.